The van der Waals surface area contributed by atoms with Crippen molar-refractivity contribution >= 4 is 5.91 Å². The first-order valence-electron chi connectivity index (χ1n) is 9.21. The molecule has 0 atom stereocenters. The maximum atomic E-state index is 13.8. The van der Waals surface area contributed by atoms with Gasteiger partial charge < -0.3 is 9.42 Å². The lowest BCUT2D eigenvalue weighted by Gasteiger charge is -2.21. The molecule has 2 aromatic heterocycles. The van der Waals surface area contributed by atoms with Gasteiger partial charge in [-0.05, 0) is 30.7 Å². The molecule has 1 amide bonds. The number of hydrogen-bond acceptors (Lipinski definition) is 6. The van der Waals surface area contributed by atoms with Crippen molar-refractivity contribution in [2.75, 3.05) is 26.2 Å². The molecule has 0 bridgehead atoms. The average molecular weight is 381 g/mol. The van der Waals surface area contributed by atoms with Crippen LogP contribution in [0.15, 0.2) is 53.2 Å². The van der Waals surface area contributed by atoms with Crippen molar-refractivity contribution in [3.05, 3.63) is 66.0 Å². The van der Waals surface area contributed by atoms with Gasteiger partial charge >= 0.3 is 0 Å². The summed E-state index contributed by atoms with van der Waals surface area (Å²) in [5, 5.41) is 4.06. The smallest absolute Gasteiger partial charge is 0.258 e. The summed E-state index contributed by atoms with van der Waals surface area (Å²) in [6.45, 7) is 3.08. The van der Waals surface area contributed by atoms with Crippen molar-refractivity contribution in [1.29, 1.82) is 0 Å². The van der Waals surface area contributed by atoms with Crippen molar-refractivity contribution in [3.8, 4) is 11.5 Å². The highest BCUT2D eigenvalue weighted by Gasteiger charge is 2.23. The van der Waals surface area contributed by atoms with Gasteiger partial charge in [0.15, 0.2) is 5.82 Å². The van der Waals surface area contributed by atoms with Crippen LogP contribution in [-0.4, -0.2) is 57.0 Å². The Morgan fingerprint density at radius 3 is 2.75 bits per heavy atom. The second-order valence-electron chi connectivity index (χ2n) is 6.65. The van der Waals surface area contributed by atoms with E-state index in [9.17, 15) is 9.18 Å². The number of pyridine rings is 1. The Morgan fingerprint density at radius 1 is 1.07 bits per heavy atom. The maximum Gasteiger partial charge on any atom is 0.258 e. The summed E-state index contributed by atoms with van der Waals surface area (Å²) in [5.74, 6) is 0.0541. The van der Waals surface area contributed by atoms with Crippen LogP contribution in [-0.2, 0) is 6.54 Å². The summed E-state index contributed by atoms with van der Waals surface area (Å²) < 4.78 is 19.2. The average Bonchev–Trinajstić information content (AvgIpc) is 3.06. The number of carbonyl (C=O) groups is 1. The van der Waals surface area contributed by atoms with Gasteiger partial charge in [-0.2, -0.15) is 9.37 Å². The topological polar surface area (TPSA) is 75.4 Å². The Bertz CT molecular complexity index is 947. The van der Waals surface area contributed by atoms with E-state index in [0.29, 0.717) is 37.9 Å². The lowest BCUT2D eigenvalue weighted by molar-refractivity contribution is 0.0755. The van der Waals surface area contributed by atoms with Crippen molar-refractivity contribution in [3.63, 3.8) is 0 Å². The van der Waals surface area contributed by atoms with Gasteiger partial charge in [-0.1, -0.05) is 23.4 Å². The molecule has 3 aromatic rings. The molecule has 7 nitrogen and oxygen atoms in total. The first-order valence-corrected chi connectivity index (χ1v) is 9.21. The molecule has 0 N–H and O–H groups in total. The summed E-state index contributed by atoms with van der Waals surface area (Å²) >= 11 is 0. The Kier molecular flexibility index (Phi) is 5.38. The van der Waals surface area contributed by atoms with Crippen molar-refractivity contribution in [2.24, 2.45) is 0 Å². The van der Waals surface area contributed by atoms with Gasteiger partial charge in [-0.25, -0.2) is 4.98 Å². The lowest BCUT2D eigenvalue weighted by Crippen LogP contribution is -2.35. The highest BCUT2D eigenvalue weighted by Crippen LogP contribution is 2.17. The van der Waals surface area contributed by atoms with E-state index in [2.05, 4.69) is 20.0 Å². The largest absolute Gasteiger partial charge is 0.337 e. The minimum absolute atomic E-state index is 0.0154. The summed E-state index contributed by atoms with van der Waals surface area (Å²) in [7, 11) is 0. The van der Waals surface area contributed by atoms with Crippen LogP contribution in [0.5, 0.6) is 0 Å². The summed E-state index contributed by atoms with van der Waals surface area (Å²) in [5.41, 5.74) is 0.897. The van der Waals surface area contributed by atoms with Crippen LogP contribution >= 0.6 is 0 Å². The molecule has 1 aromatic carbocycles. The second-order valence-corrected chi connectivity index (χ2v) is 6.65. The highest BCUT2D eigenvalue weighted by atomic mass is 19.1. The van der Waals surface area contributed by atoms with Crippen LogP contribution < -0.4 is 0 Å². The molecule has 0 radical (unpaired) electrons. The third-order valence-electron chi connectivity index (χ3n) is 4.72. The lowest BCUT2D eigenvalue weighted by atomic mass is 10.2. The molecule has 1 aliphatic rings. The molecule has 1 saturated heterocycles. The molecule has 0 aliphatic carbocycles. The van der Waals surface area contributed by atoms with Gasteiger partial charge in [0.05, 0.1) is 12.1 Å². The highest BCUT2D eigenvalue weighted by molar-refractivity contribution is 5.94. The van der Waals surface area contributed by atoms with E-state index in [1.807, 2.05) is 30.3 Å². The van der Waals surface area contributed by atoms with E-state index in [1.54, 1.807) is 11.0 Å². The van der Waals surface area contributed by atoms with E-state index >= 15 is 0 Å². The van der Waals surface area contributed by atoms with Crippen LogP contribution in [0, 0.1) is 5.95 Å². The van der Waals surface area contributed by atoms with E-state index in [-0.39, 0.29) is 11.5 Å². The van der Waals surface area contributed by atoms with Gasteiger partial charge in [-0.3, -0.25) is 9.69 Å². The Morgan fingerprint density at radius 2 is 1.93 bits per heavy atom. The normalized spacial score (nSPS) is 15.4. The second kappa shape index (κ2) is 8.26. The molecular weight excluding hydrogens is 361 g/mol. The number of amides is 1. The Labute approximate surface area is 161 Å². The number of rotatable bonds is 4. The number of benzene rings is 1. The number of carbonyl (C=O) groups excluding carboxylic acids is 1. The van der Waals surface area contributed by atoms with Crippen LogP contribution in [0.25, 0.3) is 11.5 Å². The fourth-order valence-electron chi connectivity index (χ4n) is 3.26. The summed E-state index contributed by atoms with van der Waals surface area (Å²) in [6.07, 6.45) is 2.13. The minimum atomic E-state index is -0.728. The zero-order chi connectivity index (χ0) is 19.3. The summed E-state index contributed by atoms with van der Waals surface area (Å²) in [6, 6.07) is 12.7. The predicted octanol–water partition coefficient (Wildman–Crippen LogP) is 2.62. The summed E-state index contributed by atoms with van der Waals surface area (Å²) in [4.78, 5) is 24.5. The molecule has 4 rings (SSSR count). The van der Waals surface area contributed by atoms with Gasteiger partial charge in [0, 0.05) is 37.9 Å². The molecule has 0 saturated carbocycles. The fraction of sp³-hybridized carbons (Fsp3) is 0.300. The molecular formula is C20H20FN5O2. The third-order valence-corrected chi connectivity index (χ3v) is 4.72. The van der Waals surface area contributed by atoms with Crippen molar-refractivity contribution in [1.82, 2.24) is 24.9 Å². The van der Waals surface area contributed by atoms with Gasteiger partial charge in [-0.15, -0.1) is 0 Å². The Balaban J connectivity index is 1.38. The van der Waals surface area contributed by atoms with Gasteiger partial charge in [0.25, 0.3) is 11.8 Å². The molecule has 1 aliphatic heterocycles. The molecule has 0 spiro atoms. The zero-order valence-corrected chi connectivity index (χ0v) is 15.3. The van der Waals surface area contributed by atoms with Crippen LogP contribution in [0.2, 0.25) is 0 Å². The molecule has 8 heteroatoms. The SMILES string of the molecule is O=C(c1cccnc1F)N1CCCN(Cc2noc(-c3ccccc3)n2)CC1. The van der Waals surface area contributed by atoms with Crippen LogP contribution in [0.4, 0.5) is 4.39 Å². The van der Waals surface area contributed by atoms with E-state index in [0.717, 1.165) is 18.5 Å². The maximum absolute atomic E-state index is 13.8. The van der Waals surface area contributed by atoms with E-state index in [4.69, 9.17) is 4.52 Å². The molecule has 3 heterocycles. The molecule has 0 unspecified atom stereocenters. The number of halogens is 1. The number of aromatic nitrogens is 3. The Hall–Kier alpha value is -3.13. The molecule has 1 fully saturated rings. The fourth-order valence-corrected chi connectivity index (χ4v) is 3.26. The zero-order valence-electron chi connectivity index (χ0n) is 15.3. The van der Waals surface area contributed by atoms with Crippen LogP contribution in [0.3, 0.4) is 0 Å². The molecule has 144 valence electrons. The van der Waals surface area contributed by atoms with E-state index < -0.39 is 5.95 Å². The van der Waals surface area contributed by atoms with Crippen molar-refractivity contribution < 1.29 is 13.7 Å². The first kappa shape index (κ1) is 18.2. The minimum Gasteiger partial charge on any atom is -0.337 e. The number of nitrogens with zero attached hydrogens (tertiary/aromatic N) is 5. The standard InChI is InChI=1S/C20H20FN5O2/c21-18-16(8-4-9-22-18)20(27)26-11-5-10-25(12-13-26)14-17-23-19(28-24-17)15-6-2-1-3-7-15/h1-4,6-9H,5,10-14H2. The molecule has 28 heavy (non-hydrogen) atoms. The van der Waals surface area contributed by atoms with E-state index in [1.165, 1.54) is 12.3 Å². The van der Waals surface area contributed by atoms with Crippen LogP contribution in [0.1, 0.15) is 22.6 Å². The van der Waals surface area contributed by atoms with Crippen molar-refractivity contribution in [2.45, 2.75) is 13.0 Å². The van der Waals surface area contributed by atoms with Gasteiger partial charge in [0.2, 0.25) is 5.95 Å². The monoisotopic (exact) mass is 381 g/mol. The first-order chi connectivity index (χ1) is 13.7. The quantitative estimate of drug-likeness (QED) is 0.647. The predicted molar refractivity (Wildman–Crippen MR) is 99.7 cm³/mol. The number of hydrogen-bond donors (Lipinski definition) is 0. The van der Waals surface area contributed by atoms with Gasteiger partial charge in [0.1, 0.15) is 0 Å². The third kappa shape index (κ3) is 4.07.